The molecule has 0 radical (unpaired) electrons. The lowest BCUT2D eigenvalue weighted by atomic mass is 10.1. The van der Waals surface area contributed by atoms with Crippen LogP contribution in [-0.2, 0) is 12.8 Å². The van der Waals surface area contributed by atoms with Gasteiger partial charge in [-0.3, -0.25) is 0 Å². The van der Waals surface area contributed by atoms with Crippen molar-refractivity contribution in [1.29, 1.82) is 0 Å². The number of nitrogens with one attached hydrogen (secondary N) is 1. The number of nitrogen functional groups attached to an aromatic ring is 1. The standard InChI is InChI=1S/C9H11N5/c10-9-13-5-8(14-9)2-1-7-3-11-6-12-4-7/h3-6H,1-2H2,(H3,10,13,14). The van der Waals surface area contributed by atoms with Crippen molar-refractivity contribution >= 4 is 5.95 Å². The molecule has 2 aromatic heterocycles. The molecular weight excluding hydrogens is 178 g/mol. The van der Waals surface area contributed by atoms with Crippen LogP contribution >= 0.6 is 0 Å². The molecule has 3 N–H and O–H groups in total. The highest BCUT2D eigenvalue weighted by Gasteiger charge is 1.98. The summed E-state index contributed by atoms with van der Waals surface area (Å²) in [5.74, 6) is 0.462. The summed E-state index contributed by atoms with van der Waals surface area (Å²) in [4.78, 5) is 14.8. The van der Waals surface area contributed by atoms with Crippen molar-refractivity contribution in [2.45, 2.75) is 12.8 Å². The fourth-order valence-corrected chi connectivity index (χ4v) is 1.24. The van der Waals surface area contributed by atoms with E-state index < -0.39 is 0 Å². The average Bonchev–Trinajstić information content (AvgIpc) is 2.63. The summed E-state index contributed by atoms with van der Waals surface area (Å²) < 4.78 is 0. The predicted octanol–water partition coefficient (Wildman–Crippen LogP) is 0.567. The van der Waals surface area contributed by atoms with E-state index in [1.165, 1.54) is 6.33 Å². The number of aromatic nitrogens is 4. The minimum Gasteiger partial charge on any atom is -0.369 e. The Labute approximate surface area is 81.4 Å². The van der Waals surface area contributed by atoms with Gasteiger partial charge in [0.2, 0.25) is 0 Å². The van der Waals surface area contributed by atoms with Gasteiger partial charge in [0.25, 0.3) is 0 Å². The molecule has 0 aliphatic heterocycles. The summed E-state index contributed by atoms with van der Waals surface area (Å²) in [5.41, 5.74) is 7.60. The number of aryl methyl sites for hydroxylation is 2. The Morgan fingerprint density at radius 2 is 1.93 bits per heavy atom. The Hall–Kier alpha value is -1.91. The van der Waals surface area contributed by atoms with E-state index in [0.29, 0.717) is 5.95 Å². The van der Waals surface area contributed by atoms with Crippen LogP contribution in [0.2, 0.25) is 0 Å². The van der Waals surface area contributed by atoms with Gasteiger partial charge in [-0.05, 0) is 18.4 Å². The van der Waals surface area contributed by atoms with Gasteiger partial charge in [0.15, 0.2) is 5.95 Å². The molecular formula is C9H11N5. The molecule has 5 heteroatoms. The van der Waals surface area contributed by atoms with Gasteiger partial charge in [-0.15, -0.1) is 0 Å². The molecule has 2 aromatic rings. The second-order valence-corrected chi connectivity index (χ2v) is 3.04. The molecule has 0 aliphatic carbocycles. The van der Waals surface area contributed by atoms with Gasteiger partial charge in [-0.1, -0.05) is 0 Å². The molecule has 0 amide bonds. The normalized spacial score (nSPS) is 10.3. The highest BCUT2D eigenvalue weighted by atomic mass is 15.0. The van der Waals surface area contributed by atoms with Gasteiger partial charge in [-0.25, -0.2) is 15.0 Å². The second-order valence-electron chi connectivity index (χ2n) is 3.04. The molecule has 72 valence electrons. The predicted molar refractivity (Wildman–Crippen MR) is 52.4 cm³/mol. The first kappa shape index (κ1) is 8.68. The third-order valence-electron chi connectivity index (χ3n) is 1.95. The van der Waals surface area contributed by atoms with Crippen LogP contribution in [0.15, 0.2) is 24.9 Å². The maximum atomic E-state index is 5.46. The number of imidazole rings is 1. The molecule has 0 atom stereocenters. The SMILES string of the molecule is Nc1ncc(CCc2cncnc2)[nH]1. The molecule has 2 rings (SSSR count). The maximum absolute atomic E-state index is 5.46. The van der Waals surface area contributed by atoms with Gasteiger partial charge in [0.05, 0.1) is 6.20 Å². The summed E-state index contributed by atoms with van der Waals surface area (Å²) >= 11 is 0. The number of hydrogen-bond donors (Lipinski definition) is 2. The lowest BCUT2D eigenvalue weighted by molar-refractivity contribution is 0.906. The Kier molecular flexibility index (Phi) is 2.40. The fraction of sp³-hybridized carbons (Fsp3) is 0.222. The van der Waals surface area contributed by atoms with Crippen molar-refractivity contribution < 1.29 is 0 Å². The van der Waals surface area contributed by atoms with Crippen LogP contribution in [0.25, 0.3) is 0 Å². The van der Waals surface area contributed by atoms with Crippen LogP contribution in [0.3, 0.4) is 0 Å². The van der Waals surface area contributed by atoms with E-state index in [4.69, 9.17) is 5.73 Å². The summed E-state index contributed by atoms with van der Waals surface area (Å²) in [6.45, 7) is 0. The van der Waals surface area contributed by atoms with Crippen LogP contribution < -0.4 is 5.73 Å². The fourth-order valence-electron chi connectivity index (χ4n) is 1.24. The largest absolute Gasteiger partial charge is 0.369 e. The number of hydrogen-bond acceptors (Lipinski definition) is 4. The number of rotatable bonds is 3. The van der Waals surface area contributed by atoms with Crippen molar-refractivity contribution in [2.75, 3.05) is 5.73 Å². The van der Waals surface area contributed by atoms with Crippen molar-refractivity contribution in [3.63, 3.8) is 0 Å². The molecule has 0 saturated carbocycles. The van der Waals surface area contributed by atoms with Crippen LogP contribution in [0.1, 0.15) is 11.3 Å². The van der Waals surface area contributed by atoms with Gasteiger partial charge in [-0.2, -0.15) is 0 Å². The van der Waals surface area contributed by atoms with E-state index in [9.17, 15) is 0 Å². The summed E-state index contributed by atoms with van der Waals surface area (Å²) in [5, 5.41) is 0. The lowest BCUT2D eigenvalue weighted by Gasteiger charge is -1.97. The Morgan fingerprint density at radius 1 is 1.14 bits per heavy atom. The number of aromatic amines is 1. The Morgan fingerprint density at radius 3 is 2.57 bits per heavy atom. The minimum absolute atomic E-state index is 0.462. The van der Waals surface area contributed by atoms with E-state index in [-0.39, 0.29) is 0 Å². The summed E-state index contributed by atoms with van der Waals surface area (Å²) in [7, 11) is 0. The molecule has 0 spiro atoms. The van der Waals surface area contributed by atoms with Crippen LogP contribution in [-0.4, -0.2) is 19.9 Å². The Bertz CT molecular complexity index is 395. The molecule has 0 saturated heterocycles. The molecule has 0 aromatic carbocycles. The van der Waals surface area contributed by atoms with Gasteiger partial charge >= 0.3 is 0 Å². The lowest BCUT2D eigenvalue weighted by Crippen LogP contribution is -1.93. The highest BCUT2D eigenvalue weighted by molar-refractivity contribution is 5.19. The zero-order valence-electron chi connectivity index (χ0n) is 7.64. The quantitative estimate of drug-likeness (QED) is 0.739. The minimum atomic E-state index is 0.462. The summed E-state index contributed by atoms with van der Waals surface area (Å²) in [6, 6.07) is 0. The molecule has 0 bridgehead atoms. The number of nitrogens with two attached hydrogens (primary N) is 1. The first-order valence-corrected chi connectivity index (χ1v) is 4.38. The highest BCUT2D eigenvalue weighted by Crippen LogP contribution is 2.03. The zero-order chi connectivity index (χ0) is 9.80. The molecule has 0 unspecified atom stereocenters. The van der Waals surface area contributed by atoms with Gasteiger partial charge < -0.3 is 10.7 Å². The first-order valence-electron chi connectivity index (χ1n) is 4.38. The molecule has 2 heterocycles. The number of anilines is 1. The third kappa shape index (κ3) is 2.07. The smallest absolute Gasteiger partial charge is 0.197 e. The second kappa shape index (κ2) is 3.87. The average molecular weight is 189 g/mol. The zero-order valence-corrected chi connectivity index (χ0v) is 7.64. The van der Waals surface area contributed by atoms with E-state index in [1.807, 2.05) is 12.4 Å². The van der Waals surface area contributed by atoms with Crippen molar-refractivity contribution in [1.82, 2.24) is 19.9 Å². The van der Waals surface area contributed by atoms with Crippen LogP contribution in [0, 0.1) is 0 Å². The van der Waals surface area contributed by atoms with Crippen LogP contribution in [0.4, 0.5) is 5.95 Å². The van der Waals surface area contributed by atoms with E-state index in [2.05, 4.69) is 19.9 Å². The van der Waals surface area contributed by atoms with E-state index in [1.54, 1.807) is 6.20 Å². The maximum Gasteiger partial charge on any atom is 0.197 e. The molecule has 0 aliphatic rings. The monoisotopic (exact) mass is 189 g/mol. The molecule has 5 nitrogen and oxygen atoms in total. The van der Waals surface area contributed by atoms with E-state index >= 15 is 0 Å². The third-order valence-corrected chi connectivity index (χ3v) is 1.95. The molecule has 14 heavy (non-hydrogen) atoms. The van der Waals surface area contributed by atoms with Gasteiger partial charge in [0, 0.05) is 18.1 Å². The molecule has 0 fully saturated rings. The number of H-pyrrole nitrogens is 1. The first-order chi connectivity index (χ1) is 6.84. The summed E-state index contributed by atoms with van der Waals surface area (Å²) in [6.07, 6.45) is 8.66. The van der Waals surface area contributed by atoms with Crippen molar-refractivity contribution in [3.8, 4) is 0 Å². The van der Waals surface area contributed by atoms with Crippen molar-refractivity contribution in [3.05, 3.63) is 36.2 Å². The van der Waals surface area contributed by atoms with E-state index in [0.717, 1.165) is 24.1 Å². The van der Waals surface area contributed by atoms with Crippen LogP contribution in [0.5, 0.6) is 0 Å². The van der Waals surface area contributed by atoms with Crippen molar-refractivity contribution in [2.24, 2.45) is 0 Å². The topological polar surface area (TPSA) is 80.5 Å². The van der Waals surface area contributed by atoms with Gasteiger partial charge in [0.1, 0.15) is 6.33 Å². The Balaban J connectivity index is 1.95. The number of nitrogens with zero attached hydrogens (tertiary/aromatic N) is 3.